The van der Waals surface area contributed by atoms with E-state index in [0.29, 0.717) is 27.8 Å². The van der Waals surface area contributed by atoms with Crippen molar-refractivity contribution >= 4 is 34.6 Å². The molecule has 0 unspecified atom stereocenters. The molecule has 2 aromatic carbocycles. The van der Waals surface area contributed by atoms with Gasteiger partial charge in [-0.25, -0.2) is 4.99 Å². The first kappa shape index (κ1) is 18.8. The summed E-state index contributed by atoms with van der Waals surface area (Å²) >= 11 is 1.28. The fourth-order valence-corrected chi connectivity index (χ4v) is 3.45. The topological polar surface area (TPSA) is 70.9 Å². The number of ether oxygens (including phenoxy) is 1. The van der Waals surface area contributed by atoms with Crippen LogP contribution >= 0.6 is 11.8 Å². The van der Waals surface area contributed by atoms with Crippen LogP contribution in [0.15, 0.2) is 59.0 Å². The third kappa shape index (κ3) is 4.41. The van der Waals surface area contributed by atoms with E-state index in [9.17, 15) is 9.90 Å². The average molecular weight is 380 g/mol. The molecule has 1 aliphatic rings. The minimum atomic E-state index is -0.205. The number of aryl methyl sites for hydroxylation is 1. The van der Waals surface area contributed by atoms with Crippen molar-refractivity contribution in [3.8, 4) is 11.5 Å². The minimum absolute atomic E-state index is 0.0877. The normalized spacial score (nSPS) is 16.6. The molecule has 138 valence electrons. The molecule has 0 radical (unpaired) electrons. The summed E-state index contributed by atoms with van der Waals surface area (Å²) in [4.78, 5) is 17.3. The zero-order valence-corrected chi connectivity index (χ0v) is 16.0. The molecule has 0 spiro atoms. The Labute approximate surface area is 162 Å². The molecule has 1 heterocycles. The van der Waals surface area contributed by atoms with Crippen molar-refractivity contribution in [1.82, 2.24) is 5.32 Å². The number of phenols is 1. The summed E-state index contributed by atoms with van der Waals surface area (Å²) in [5.74, 6) is 0.242. The number of benzene rings is 2. The number of phenolic OH excluding ortho intramolecular Hbond substituents is 1. The van der Waals surface area contributed by atoms with Crippen LogP contribution in [-0.4, -0.2) is 23.3 Å². The van der Waals surface area contributed by atoms with E-state index < -0.39 is 0 Å². The van der Waals surface area contributed by atoms with E-state index in [2.05, 4.69) is 16.9 Å². The Bertz CT molecular complexity index is 947. The van der Waals surface area contributed by atoms with Gasteiger partial charge in [0.15, 0.2) is 16.7 Å². The first-order valence-corrected chi connectivity index (χ1v) is 9.19. The standard InChI is InChI=1S/C21H20N2O3S/c1-4-5-15-10-14(11-17(26-3)19(15)24)12-18-20(25)23-21(27-18)22-16-8-6-13(2)7-9-16/h4,6-12,24H,1,5H2,2-3H3,(H,22,23,25)/b18-12+. The number of amides is 1. The van der Waals surface area contributed by atoms with Crippen LogP contribution in [0.4, 0.5) is 5.69 Å². The summed E-state index contributed by atoms with van der Waals surface area (Å²) in [6.07, 6.45) is 3.96. The number of amidine groups is 1. The Morgan fingerprint density at radius 1 is 1.30 bits per heavy atom. The number of nitrogens with one attached hydrogen (secondary N) is 1. The summed E-state index contributed by atoms with van der Waals surface area (Å²) in [6.45, 7) is 5.71. The molecule has 1 aliphatic heterocycles. The van der Waals surface area contributed by atoms with Gasteiger partial charge >= 0.3 is 0 Å². The molecule has 5 nitrogen and oxygen atoms in total. The molecule has 3 rings (SSSR count). The second-order valence-electron chi connectivity index (χ2n) is 6.04. The highest BCUT2D eigenvalue weighted by Crippen LogP contribution is 2.34. The number of carbonyl (C=O) groups is 1. The SMILES string of the molecule is C=CCc1cc(/C=C2/SC(=Nc3ccc(C)cc3)NC2=O)cc(OC)c1O. The van der Waals surface area contributed by atoms with Gasteiger partial charge in [0.2, 0.25) is 0 Å². The van der Waals surface area contributed by atoms with Crippen molar-refractivity contribution in [3.05, 3.63) is 70.6 Å². The van der Waals surface area contributed by atoms with Gasteiger partial charge in [0.25, 0.3) is 5.91 Å². The van der Waals surface area contributed by atoms with Crippen LogP contribution in [-0.2, 0) is 11.2 Å². The lowest BCUT2D eigenvalue weighted by molar-refractivity contribution is -0.115. The second-order valence-corrected chi connectivity index (χ2v) is 7.07. The molecule has 0 atom stereocenters. The maximum Gasteiger partial charge on any atom is 0.264 e. The van der Waals surface area contributed by atoms with Gasteiger partial charge in [-0.15, -0.1) is 6.58 Å². The first-order valence-electron chi connectivity index (χ1n) is 8.37. The van der Waals surface area contributed by atoms with E-state index in [-0.39, 0.29) is 11.7 Å². The molecule has 27 heavy (non-hydrogen) atoms. The lowest BCUT2D eigenvalue weighted by Crippen LogP contribution is -2.19. The number of thioether (sulfide) groups is 1. The average Bonchev–Trinajstić information content (AvgIpc) is 2.98. The molecule has 0 saturated carbocycles. The summed E-state index contributed by atoms with van der Waals surface area (Å²) < 4.78 is 5.23. The van der Waals surface area contributed by atoms with E-state index in [0.717, 1.165) is 16.8 Å². The number of rotatable bonds is 5. The molecule has 0 aliphatic carbocycles. The van der Waals surface area contributed by atoms with Crippen LogP contribution in [0.1, 0.15) is 16.7 Å². The lowest BCUT2D eigenvalue weighted by atomic mass is 10.1. The number of hydrogen-bond donors (Lipinski definition) is 2. The Morgan fingerprint density at radius 2 is 2.04 bits per heavy atom. The maximum absolute atomic E-state index is 12.3. The van der Waals surface area contributed by atoms with E-state index >= 15 is 0 Å². The highest BCUT2D eigenvalue weighted by molar-refractivity contribution is 8.18. The molecule has 1 fully saturated rings. The van der Waals surface area contributed by atoms with Crippen LogP contribution < -0.4 is 10.1 Å². The predicted molar refractivity (Wildman–Crippen MR) is 111 cm³/mol. The van der Waals surface area contributed by atoms with Crippen molar-refractivity contribution in [3.63, 3.8) is 0 Å². The van der Waals surface area contributed by atoms with Gasteiger partial charge in [-0.05, 0) is 61.0 Å². The number of carbonyl (C=O) groups excluding carboxylic acids is 1. The van der Waals surface area contributed by atoms with Gasteiger partial charge in [-0.3, -0.25) is 4.79 Å². The zero-order valence-electron chi connectivity index (χ0n) is 15.2. The molecule has 1 saturated heterocycles. The number of methoxy groups -OCH3 is 1. The summed E-state index contributed by atoms with van der Waals surface area (Å²) in [5, 5.41) is 13.5. The Balaban J connectivity index is 1.89. The first-order chi connectivity index (χ1) is 13.0. The van der Waals surface area contributed by atoms with Crippen molar-refractivity contribution in [2.45, 2.75) is 13.3 Å². The van der Waals surface area contributed by atoms with Gasteiger partial charge in [-0.2, -0.15) is 0 Å². The third-order valence-corrected chi connectivity index (χ3v) is 4.88. The number of hydrogen-bond acceptors (Lipinski definition) is 5. The second kappa shape index (κ2) is 8.14. The van der Waals surface area contributed by atoms with Crippen LogP contribution in [0.2, 0.25) is 0 Å². The Morgan fingerprint density at radius 3 is 2.70 bits per heavy atom. The van der Waals surface area contributed by atoms with Crippen molar-refractivity contribution in [2.24, 2.45) is 4.99 Å². The van der Waals surface area contributed by atoms with E-state index in [1.807, 2.05) is 37.3 Å². The van der Waals surface area contributed by atoms with Gasteiger partial charge in [0.1, 0.15) is 0 Å². The molecule has 2 N–H and O–H groups in total. The molecular formula is C21H20N2O3S. The molecule has 0 aromatic heterocycles. The number of nitrogens with zero attached hydrogens (tertiary/aromatic N) is 1. The molecule has 6 heteroatoms. The Kier molecular flexibility index (Phi) is 5.66. The number of aromatic hydroxyl groups is 1. The van der Waals surface area contributed by atoms with E-state index in [4.69, 9.17) is 4.74 Å². The van der Waals surface area contributed by atoms with Crippen molar-refractivity contribution < 1.29 is 14.6 Å². The lowest BCUT2D eigenvalue weighted by Gasteiger charge is -2.09. The smallest absolute Gasteiger partial charge is 0.264 e. The maximum atomic E-state index is 12.3. The summed E-state index contributed by atoms with van der Waals surface area (Å²) in [6, 6.07) is 11.3. The van der Waals surface area contributed by atoms with Gasteiger partial charge in [0.05, 0.1) is 17.7 Å². The molecule has 1 amide bonds. The van der Waals surface area contributed by atoms with Crippen LogP contribution in [0.5, 0.6) is 11.5 Å². The van der Waals surface area contributed by atoms with E-state index in [1.165, 1.54) is 18.9 Å². The van der Waals surface area contributed by atoms with Gasteiger partial charge < -0.3 is 15.2 Å². The fourth-order valence-electron chi connectivity index (χ4n) is 2.61. The van der Waals surface area contributed by atoms with Gasteiger partial charge in [0, 0.05) is 5.56 Å². The number of allylic oxidation sites excluding steroid dienone is 1. The highest BCUT2D eigenvalue weighted by atomic mass is 32.2. The minimum Gasteiger partial charge on any atom is -0.504 e. The zero-order chi connectivity index (χ0) is 19.4. The van der Waals surface area contributed by atoms with Crippen LogP contribution in [0, 0.1) is 6.92 Å². The van der Waals surface area contributed by atoms with Crippen LogP contribution in [0.25, 0.3) is 6.08 Å². The predicted octanol–water partition coefficient (Wildman–Crippen LogP) is 4.33. The highest BCUT2D eigenvalue weighted by Gasteiger charge is 2.24. The van der Waals surface area contributed by atoms with Crippen molar-refractivity contribution in [1.29, 1.82) is 0 Å². The quantitative estimate of drug-likeness (QED) is 0.598. The monoisotopic (exact) mass is 380 g/mol. The van der Waals surface area contributed by atoms with Crippen LogP contribution in [0.3, 0.4) is 0 Å². The molecular weight excluding hydrogens is 360 g/mol. The molecule has 0 bridgehead atoms. The third-order valence-electron chi connectivity index (χ3n) is 3.97. The summed E-state index contributed by atoms with van der Waals surface area (Å²) in [5.41, 5.74) is 3.38. The van der Waals surface area contributed by atoms with Crippen molar-refractivity contribution in [2.75, 3.05) is 7.11 Å². The van der Waals surface area contributed by atoms with Gasteiger partial charge in [-0.1, -0.05) is 23.8 Å². The number of aliphatic imine (C=N–C) groups is 1. The summed E-state index contributed by atoms with van der Waals surface area (Å²) in [7, 11) is 1.49. The Hall–Kier alpha value is -2.99. The fraction of sp³-hybridized carbons (Fsp3) is 0.143. The van der Waals surface area contributed by atoms with E-state index in [1.54, 1.807) is 18.2 Å². The largest absolute Gasteiger partial charge is 0.504 e. The molecule has 2 aromatic rings.